The first-order chi connectivity index (χ1) is 6.29. The molecule has 9 heteroatoms. The van der Waals surface area contributed by atoms with Crippen LogP contribution in [0.25, 0.3) is 0 Å². The Kier molecular flexibility index (Phi) is 2.60. The van der Waals surface area contributed by atoms with E-state index >= 15 is 0 Å². The molecule has 0 aliphatic rings. The van der Waals surface area contributed by atoms with Gasteiger partial charge in [-0.1, -0.05) is 0 Å². The van der Waals surface area contributed by atoms with E-state index in [0.29, 0.717) is 0 Å². The third-order valence-corrected chi connectivity index (χ3v) is 1.91. The number of aromatic amines is 2. The summed E-state index contributed by atoms with van der Waals surface area (Å²) in [6, 6.07) is 0. The molecule has 5 nitrogen and oxygen atoms in total. The largest absolute Gasteiger partial charge is 0.494 e. The van der Waals surface area contributed by atoms with Crippen LogP contribution in [-0.2, 0) is 0 Å². The average molecular weight is 228 g/mol. The van der Waals surface area contributed by atoms with E-state index in [1.165, 1.54) is 0 Å². The van der Waals surface area contributed by atoms with Crippen LogP contribution in [0.2, 0.25) is 0 Å². The van der Waals surface area contributed by atoms with Crippen LogP contribution in [-0.4, -0.2) is 20.6 Å². The van der Waals surface area contributed by atoms with Crippen molar-refractivity contribution >= 4 is 11.8 Å². The van der Waals surface area contributed by atoms with Crippen molar-refractivity contribution in [3.8, 4) is 5.88 Å². The minimum Gasteiger partial charge on any atom is -0.494 e. The molecule has 3 N–H and O–H groups in total. The highest BCUT2D eigenvalue weighted by Crippen LogP contribution is 2.37. The third kappa shape index (κ3) is 2.55. The van der Waals surface area contributed by atoms with Crippen LogP contribution in [0.3, 0.4) is 0 Å². The Labute approximate surface area is 78.0 Å². The van der Waals surface area contributed by atoms with Gasteiger partial charge in [-0.15, -0.1) is 0 Å². The lowest BCUT2D eigenvalue weighted by molar-refractivity contribution is -0.0329. The fraction of sp³-hybridized carbons (Fsp3) is 0.200. The van der Waals surface area contributed by atoms with Gasteiger partial charge in [0, 0.05) is 0 Å². The molecule has 0 saturated carbocycles. The fourth-order valence-electron chi connectivity index (χ4n) is 0.673. The van der Waals surface area contributed by atoms with Gasteiger partial charge < -0.3 is 5.11 Å². The van der Waals surface area contributed by atoms with Crippen LogP contribution < -0.4 is 11.2 Å². The number of alkyl halides is 3. The zero-order valence-corrected chi connectivity index (χ0v) is 7.12. The maximum Gasteiger partial charge on any atom is 0.446 e. The summed E-state index contributed by atoms with van der Waals surface area (Å²) >= 11 is -0.801. The van der Waals surface area contributed by atoms with Crippen molar-refractivity contribution in [3.63, 3.8) is 0 Å². The minimum absolute atomic E-state index is 0.801. The number of aromatic hydroxyl groups is 1. The number of rotatable bonds is 1. The molecule has 0 unspecified atom stereocenters. The van der Waals surface area contributed by atoms with Crippen molar-refractivity contribution in [3.05, 3.63) is 20.8 Å². The Morgan fingerprint density at radius 2 is 1.79 bits per heavy atom. The number of nitrogens with one attached hydrogen (secondary N) is 2. The lowest BCUT2D eigenvalue weighted by atomic mass is 10.6. The monoisotopic (exact) mass is 228 g/mol. The molecule has 0 fully saturated rings. The quantitative estimate of drug-likeness (QED) is 0.606. The lowest BCUT2D eigenvalue weighted by Crippen LogP contribution is -2.24. The summed E-state index contributed by atoms with van der Waals surface area (Å²) in [6.45, 7) is 0. The number of hydrogen-bond acceptors (Lipinski definition) is 4. The molecule has 14 heavy (non-hydrogen) atoms. The zero-order chi connectivity index (χ0) is 10.9. The standard InChI is InChI=1S/C5H3F3N2O3S/c6-5(7,8)14-1-2(11)9-4(13)10-3(1)12/h(H3,9,10,11,12,13). The number of halogens is 3. The molecule has 0 bridgehead atoms. The van der Waals surface area contributed by atoms with E-state index in [-0.39, 0.29) is 0 Å². The highest BCUT2D eigenvalue weighted by molar-refractivity contribution is 8.00. The van der Waals surface area contributed by atoms with E-state index in [0.717, 1.165) is 0 Å². The summed E-state index contributed by atoms with van der Waals surface area (Å²) in [6.07, 6.45) is 0. The summed E-state index contributed by atoms with van der Waals surface area (Å²) in [5.41, 5.74) is -7.06. The molecule has 0 saturated heterocycles. The summed E-state index contributed by atoms with van der Waals surface area (Å²) in [5, 5.41) is 8.84. The van der Waals surface area contributed by atoms with Crippen molar-refractivity contribution in [2.75, 3.05) is 0 Å². The molecule has 1 aromatic heterocycles. The fourth-order valence-corrected chi connectivity index (χ4v) is 1.20. The van der Waals surface area contributed by atoms with Crippen LogP contribution in [0, 0.1) is 0 Å². The van der Waals surface area contributed by atoms with Gasteiger partial charge in [-0.3, -0.25) is 14.8 Å². The first kappa shape index (κ1) is 10.7. The Morgan fingerprint density at radius 1 is 1.21 bits per heavy atom. The Morgan fingerprint density at radius 3 is 2.21 bits per heavy atom. The molecule has 78 valence electrons. The first-order valence-electron chi connectivity index (χ1n) is 3.11. The first-order valence-corrected chi connectivity index (χ1v) is 3.92. The van der Waals surface area contributed by atoms with E-state index < -0.39 is 39.3 Å². The molecule has 0 amide bonds. The Bertz CT molecular complexity index is 449. The van der Waals surface area contributed by atoms with Crippen LogP contribution in [0.1, 0.15) is 0 Å². The van der Waals surface area contributed by atoms with Gasteiger partial charge in [0.25, 0.3) is 5.56 Å². The van der Waals surface area contributed by atoms with Crippen LogP contribution in [0.5, 0.6) is 5.88 Å². The molecule has 0 atom stereocenters. The van der Waals surface area contributed by atoms with E-state index in [1.807, 2.05) is 0 Å². The smallest absolute Gasteiger partial charge is 0.446 e. The molecular formula is C5H3F3N2O3S. The second kappa shape index (κ2) is 3.40. The van der Waals surface area contributed by atoms with E-state index in [9.17, 15) is 22.8 Å². The van der Waals surface area contributed by atoms with Crippen molar-refractivity contribution in [1.29, 1.82) is 0 Å². The van der Waals surface area contributed by atoms with Crippen LogP contribution in [0.4, 0.5) is 13.2 Å². The summed E-state index contributed by atoms with van der Waals surface area (Å²) in [5.74, 6) is -1.10. The van der Waals surface area contributed by atoms with Gasteiger partial charge >= 0.3 is 11.2 Å². The van der Waals surface area contributed by atoms with E-state index in [1.54, 1.807) is 9.97 Å². The second-order valence-corrected chi connectivity index (χ2v) is 3.21. The summed E-state index contributed by atoms with van der Waals surface area (Å²) in [4.78, 5) is 23.4. The van der Waals surface area contributed by atoms with Gasteiger partial charge in [0.05, 0.1) is 0 Å². The summed E-state index contributed by atoms with van der Waals surface area (Å²) < 4.78 is 35.4. The third-order valence-electron chi connectivity index (χ3n) is 1.10. The molecule has 1 rings (SSSR count). The van der Waals surface area contributed by atoms with Crippen LogP contribution in [0.15, 0.2) is 14.5 Å². The van der Waals surface area contributed by atoms with Gasteiger partial charge in [-0.2, -0.15) is 13.2 Å². The van der Waals surface area contributed by atoms with Crippen molar-refractivity contribution in [2.45, 2.75) is 10.4 Å². The van der Waals surface area contributed by atoms with Gasteiger partial charge in [0.1, 0.15) is 4.90 Å². The SMILES string of the molecule is O=c1[nH]c(O)c(SC(F)(F)F)c(=O)[nH]1. The Hall–Kier alpha value is -1.38. The predicted octanol–water partition coefficient (Wildman–Crippen LogP) is 0.381. The zero-order valence-electron chi connectivity index (χ0n) is 6.31. The van der Waals surface area contributed by atoms with Gasteiger partial charge in [-0.05, 0) is 11.8 Å². The van der Waals surface area contributed by atoms with Gasteiger partial charge in [0.2, 0.25) is 5.88 Å². The number of aromatic nitrogens is 2. The summed E-state index contributed by atoms with van der Waals surface area (Å²) in [7, 11) is 0. The molecule has 0 aliphatic carbocycles. The predicted molar refractivity (Wildman–Crippen MR) is 41.3 cm³/mol. The normalized spacial score (nSPS) is 11.6. The van der Waals surface area contributed by atoms with E-state index in [4.69, 9.17) is 5.11 Å². The molecule has 1 aromatic rings. The molecule has 0 aromatic carbocycles. The van der Waals surface area contributed by atoms with E-state index in [2.05, 4.69) is 0 Å². The molecule has 0 spiro atoms. The maximum atomic E-state index is 11.8. The highest BCUT2D eigenvalue weighted by atomic mass is 32.2. The minimum atomic E-state index is -4.71. The van der Waals surface area contributed by atoms with Crippen molar-refractivity contribution < 1.29 is 18.3 Å². The van der Waals surface area contributed by atoms with Gasteiger partial charge in [0.15, 0.2) is 0 Å². The van der Waals surface area contributed by atoms with Crippen molar-refractivity contribution in [2.24, 2.45) is 0 Å². The maximum absolute atomic E-state index is 11.8. The average Bonchev–Trinajstić information content (AvgIpc) is 1.95. The number of thioether (sulfide) groups is 1. The van der Waals surface area contributed by atoms with Gasteiger partial charge in [-0.25, -0.2) is 4.79 Å². The molecule has 0 aliphatic heterocycles. The Balaban J connectivity index is 3.23. The number of hydrogen-bond donors (Lipinski definition) is 3. The lowest BCUT2D eigenvalue weighted by Gasteiger charge is -2.04. The molecule has 1 heterocycles. The second-order valence-electron chi connectivity index (χ2n) is 2.13. The molecule has 0 radical (unpaired) electrons. The molecular weight excluding hydrogens is 225 g/mol. The number of H-pyrrole nitrogens is 2. The highest BCUT2D eigenvalue weighted by Gasteiger charge is 2.32. The van der Waals surface area contributed by atoms with Crippen LogP contribution >= 0.6 is 11.8 Å². The topological polar surface area (TPSA) is 85.9 Å². The van der Waals surface area contributed by atoms with Crippen molar-refractivity contribution in [1.82, 2.24) is 9.97 Å².